The molecule has 1 aromatic carbocycles. The van der Waals surface area contributed by atoms with Gasteiger partial charge >= 0.3 is 18.9 Å². The zero-order valence-electron chi connectivity index (χ0n) is 21.8. The van der Waals surface area contributed by atoms with E-state index >= 15 is 0 Å². The summed E-state index contributed by atoms with van der Waals surface area (Å²) >= 11 is 0. The Kier molecular flexibility index (Phi) is 22.0. The summed E-state index contributed by atoms with van der Waals surface area (Å²) in [6, 6.07) is 6.61. The molecule has 0 amide bonds. The van der Waals surface area contributed by atoms with E-state index in [0.717, 1.165) is 12.8 Å². The fourth-order valence-corrected chi connectivity index (χ4v) is 5.26. The van der Waals surface area contributed by atoms with Crippen molar-refractivity contribution in [2.24, 2.45) is 0 Å². The Labute approximate surface area is 217 Å². The van der Waals surface area contributed by atoms with Crippen LogP contribution in [0.4, 0.5) is 0 Å². The molecule has 0 saturated heterocycles. The molecule has 0 heterocycles. The van der Waals surface area contributed by atoms with Gasteiger partial charge in [0.2, 0.25) is 0 Å². The second-order valence-corrected chi connectivity index (χ2v) is 10.9. The van der Waals surface area contributed by atoms with Crippen LogP contribution in [-0.4, -0.2) is 13.0 Å². The summed E-state index contributed by atoms with van der Waals surface area (Å²) in [7, 11) is -4.36. The van der Waals surface area contributed by atoms with Gasteiger partial charge < -0.3 is 4.55 Å². The van der Waals surface area contributed by atoms with Gasteiger partial charge in [0.25, 0.3) is 0 Å². The smallest absolute Gasteiger partial charge is 0.744 e. The first kappa shape index (κ1) is 32.7. The summed E-state index contributed by atoms with van der Waals surface area (Å²) in [5, 5.41) is 0. The van der Waals surface area contributed by atoms with E-state index in [2.05, 4.69) is 6.92 Å². The van der Waals surface area contributed by atoms with E-state index in [4.69, 9.17) is 0 Å². The number of benzene rings is 1. The zero-order chi connectivity index (χ0) is 23.3. The Morgan fingerprint density at radius 2 is 0.909 bits per heavy atom. The first-order chi connectivity index (χ1) is 15.6. The number of rotatable bonds is 22. The Hall–Kier alpha value is -0.273. The monoisotopic (exact) mass is 472 g/mol. The molecule has 0 atom stereocenters. The predicted molar refractivity (Wildman–Crippen MR) is 136 cm³/mol. The summed E-state index contributed by atoms with van der Waals surface area (Å²) in [5.74, 6) is 0. The van der Waals surface area contributed by atoms with Gasteiger partial charge in [-0.25, -0.2) is 8.42 Å². The van der Waals surface area contributed by atoms with Crippen LogP contribution < -0.4 is 18.9 Å². The molecule has 0 N–H and O–H groups in total. The average molecular weight is 473 g/mol. The van der Waals surface area contributed by atoms with Crippen molar-refractivity contribution in [3.8, 4) is 0 Å². The number of aryl methyl sites for hydroxylation is 1. The molecule has 1 aromatic rings. The van der Waals surface area contributed by atoms with Gasteiger partial charge in [-0.1, -0.05) is 147 Å². The second kappa shape index (κ2) is 22.2. The largest absolute Gasteiger partial charge is 1.00 e. The molecular formula is C28H49LiO3S. The van der Waals surface area contributed by atoms with Crippen molar-refractivity contribution in [1.29, 1.82) is 0 Å². The third-order valence-corrected chi connectivity index (χ3v) is 7.48. The second-order valence-electron chi connectivity index (χ2n) is 9.53. The molecule has 0 aliphatic rings. The quantitative estimate of drug-likeness (QED) is 0.119. The van der Waals surface area contributed by atoms with Gasteiger partial charge in [0.05, 0.1) is 4.90 Å². The average Bonchev–Trinajstić information content (AvgIpc) is 2.77. The fraction of sp³-hybridized carbons (Fsp3) is 0.786. The normalized spacial score (nSPS) is 11.5. The summed E-state index contributed by atoms with van der Waals surface area (Å²) in [6.07, 6.45) is 27.7. The minimum absolute atomic E-state index is 0. The molecule has 0 fully saturated rings. The maximum absolute atomic E-state index is 11.3. The third kappa shape index (κ3) is 18.7. The summed E-state index contributed by atoms with van der Waals surface area (Å²) in [4.78, 5) is -0.0437. The summed E-state index contributed by atoms with van der Waals surface area (Å²) in [5.41, 5.74) is 0.671. The van der Waals surface area contributed by atoms with Crippen LogP contribution in [0.3, 0.4) is 0 Å². The van der Waals surface area contributed by atoms with Crippen LogP contribution in [-0.2, 0) is 16.5 Å². The zero-order valence-corrected chi connectivity index (χ0v) is 22.6. The van der Waals surface area contributed by atoms with Crippen LogP contribution in [0, 0.1) is 0 Å². The van der Waals surface area contributed by atoms with Gasteiger partial charge in [-0.3, -0.25) is 0 Å². The molecule has 0 bridgehead atoms. The van der Waals surface area contributed by atoms with Gasteiger partial charge in [-0.05, 0) is 24.5 Å². The molecule has 5 heteroatoms. The van der Waals surface area contributed by atoms with Gasteiger partial charge in [-0.2, -0.15) is 0 Å². The Balaban J connectivity index is 0.0000102. The van der Waals surface area contributed by atoms with Crippen molar-refractivity contribution in [3.63, 3.8) is 0 Å². The third-order valence-electron chi connectivity index (χ3n) is 6.54. The molecule has 0 aliphatic carbocycles. The van der Waals surface area contributed by atoms with Crippen molar-refractivity contribution in [3.05, 3.63) is 29.8 Å². The Morgan fingerprint density at radius 1 is 0.576 bits per heavy atom. The van der Waals surface area contributed by atoms with Gasteiger partial charge in [0.1, 0.15) is 10.1 Å². The van der Waals surface area contributed by atoms with Gasteiger partial charge in [0.15, 0.2) is 0 Å². The molecule has 0 radical (unpaired) electrons. The van der Waals surface area contributed by atoms with Crippen LogP contribution in [0.15, 0.2) is 29.2 Å². The van der Waals surface area contributed by atoms with E-state index in [1.165, 1.54) is 122 Å². The Bertz CT molecular complexity index is 661. The Morgan fingerprint density at radius 3 is 1.27 bits per heavy atom. The number of unbranched alkanes of at least 4 members (excludes halogenated alkanes) is 19. The molecule has 186 valence electrons. The van der Waals surface area contributed by atoms with Gasteiger partial charge in [0, 0.05) is 0 Å². The summed E-state index contributed by atoms with van der Waals surface area (Å²) in [6.45, 7) is 2.28. The van der Waals surface area contributed by atoms with Crippen LogP contribution in [0.1, 0.15) is 141 Å². The molecule has 3 nitrogen and oxygen atoms in total. The summed E-state index contributed by atoms with van der Waals surface area (Å²) < 4.78 is 33.9. The van der Waals surface area contributed by atoms with Crippen LogP contribution >= 0.6 is 0 Å². The first-order valence-electron chi connectivity index (χ1n) is 13.6. The molecule has 0 saturated carbocycles. The standard InChI is InChI=1S/C28H50O3S.Li/c1-2-3-4-5-6-7-8-9-10-11-12-13-14-15-16-17-18-19-20-21-24-27-25-22-23-26-28(27)32(29,30)31;/h22-23,25-26H,2-21,24H2,1H3,(H,29,30,31);/q;+1/p-1. The molecule has 33 heavy (non-hydrogen) atoms. The fourth-order valence-electron chi connectivity index (χ4n) is 4.52. The van der Waals surface area contributed by atoms with E-state index in [9.17, 15) is 13.0 Å². The minimum atomic E-state index is -4.36. The SMILES string of the molecule is CCCCCCCCCCCCCCCCCCCCCCc1ccccc1S(=O)(=O)[O-].[Li+]. The maximum atomic E-state index is 11.3. The van der Waals surface area contributed by atoms with E-state index in [-0.39, 0.29) is 23.8 Å². The molecule has 0 unspecified atom stereocenters. The van der Waals surface area contributed by atoms with Crippen molar-refractivity contribution < 1.29 is 31.8 Å². The van der Waals surface area contributed by atoms with Crippen LogP contribution in [0.2, 0.25) is 0 Å². The molecule has 0 aliphatic heterocycles. The van der Waals surface area contributed by atoms with Crippen molar-refractivity contribution in [1.82, 2.24) is 0 Å². The predicted octanol–water partition coefficient (Wildman–Crippen LogP) is 5.96. The van der Waals surface area contributed by atoms with Crippen molar-refractivity contribution in [2.75, 3.05) is 0 Å². The minimum Gasteiger partial charge on any atom is -0.744 e. The molecule has 0 aromatic heterocycles. The number of hydrogen-bond donors (Lipinski definition) is 0. The van der Waals surface area contributed by atoms with E-state index < -0.39 is 10.1 Å². The van der Waals surface area contributed by atoms with Crippen molar-refractivity contribution >= 4 is 10.1 Å². The molecule has 1 rings (SSSR count). The topological polar surface area (TPSA) is 57.2 Å². The number of hydrogen-bond acceptors (Lipinski definition) is 3. The van der Waals surface area contributed by atoms with Crippen molar-refractivity contribution in [2.45, 2.75) is 147 Å². The van der Waals surface area contributed by atoms with E-state index in [1.54, 1.807) is 18.2 Å². The van der Waals surface area contributed by atoms with E-state index in [1.807, 2.05) is 0 Å². The molecular weight excluding hydrogens is 423 g/mol. The first-order valence-corrected chi connectivity index (χ1v) is 15.0. The van der Waals surface area contributed by atoms with Gasteiger partial charge in [-0.15, -0.1) is 0 Å². The maximum Gasteiger partial charge on any atom is 1.00 e. The van der Waals surface area contributed by atoms with Crippen LogP contribution in [0.5, 0.6) is 0 Å². The van der Waals surface area contributed by atoms with E-state index in [0.29, 0.717) is 12.0 Å². The van der Waals surface area contributed by atoms with Crippen LogP contribution in [0.25, 0.3) is 0 Å². The molecule has 0 spiro atoms.